The van der Waals surface area contributed by atoms with E-state index in [9.17, 15) is 14.0 Å². The number of carbonyl (C=O) groups is 2. The van der Waals surface area contributed by atoms with E-state index in [-0.39, 0.29) is 17.8 Å². The summed E-state index contributed by atoms with van der Waals surface area (Å²) in [6.45, 7) is 9.48. The average Bonchev–Trinajstić information content (AvgIpc) is 3.55. The van der Waals surface area contributed by atoms with Crippen LogP contribution in [0.5, 0.6) is 0 Å². The Labute approximate surface area is 211 Å². The molecule has 9 nitrogen and oxygen atoms in total. The topological polar surface area (TPSA) is 102 Å². The number of anilines is 4. The van der Waals surface area contributed by atoms with Crippen LogP contribution >= 0.6 is 0 Å². The molecule has 1 saturated carbocycles. The maximum absolute atomic E-state index is 14.7. The number of halogens is 1. The zero-order chi connectivity index (χ0) is 25.5. The van der Waals surface area contributed by atoms with Crippen molar-refractivity contribution in [3.8, 4) is 0 Å². The van der Waals surface area contributed by atoms with E-state index in [0.717, 1.165) is 76.8 Å². The maximum atomic E-state index is 14.7. The molecule has 1 aromatic carbocycles. The number of hydrogen-bond donors (Lipinski definition) is 3. The summed E-state index contributed by atoms with van der Waals surface area (Å²) < 4.78 is 14.7. The lowest BCUT2D eigenvalue weighted by Crippen LogP contribution is -2.43. The number of aryl methyl sites for hydroxylation is 1. The van der Waals surface area contributed by atoms with Crippen LogP contribution < -0.4 is 25.8 Å². The first-order valence-electron chi connectivity index (χ1n) is 12.5. The molecule has 3 N–H and O–H groups in total. The number of rotatable bonds is 6. The largest absolute Gasteiger partial charge is 0.367 e. The van der Waals surface area contributed by atoms with Gasteiger partial charge in [-0.2, -0.15) is 4.98 Å². The number of carbonyl (C=O) groups excluding carboxylic acids is 2. The first-order chi connectivity index (χ1) is 17.5. The van der Waals surface area contributed by atoms with Crippen molar-refractivity contribution < 1.29 is 14.0 Å². The van der Waals surface area contributed by atoms with Crippen molar-refractivity contribution in [1.82, 2.24) is 20.6 Å². The fourth-order valence-electron chi connectivity index (χ4n) is 4.69. The molecule has 10 heteroatoms. The van der Waals surface area contributed by atoms with Crippen molar-refractivity contribution in [3.63, 3.8) is 0 Å². The molecule has 3 aliphatic rings. The number of amides is 2. The summed E-state index contributed by atoms with van der Waals surface area (Å²) in [5.74, 6) is 0.705. The monoisotopic (exact) mass is 495 g/mol. The number of hydrogen-bond acceptors (Lipinski definition) is 7. The second-order valence-electron chi connectivity index (χ2n) is 9.29. The highest BCUT2D eigenvalue weighted by atomic mass is 19.1. The minimum absolute atomic E-state index is 0.0139. The number of nitrogens with one attached hydrogen (secondary N) is 3. The van der Waals surface area contributed by atoms with Crippen LogP contribution in [0.25, 0.3) is 0 Å². The molecular formula is C26H34FN7O2. The molecular weight excluding hydrogens is 461 g/mol. The summed E-state index contributed by atoms with van der Waals surface area (Å²) in [6, 6.07) is 5.27. The second-order valence-corrected chi connectivity index (χ2v) is 9.29. The van der Waals surface area contributed by atoms with Gasteiger partial charge in [-0.3, -0.25) is 14.5 Å². The van der Waals surface area contributed by atoms with E-state index >= 15 is 0 Å². The smallest absolute Gasteiger partial charge is 0.246 e. The van der Waals surface area contributed by atoms with Gasteiger partial charge < -0.3 is 20.9 Å². The van der Waals surface area contributed by atoms with Gasteiger partial charge in [0.1, 0.15) is 11.6 Å². The van der Waals surface area contributed by atoms with Crippen molar-refractivity contribution in [3.05, 3.63) is 47.9 Å². The number of piperazine rings is 1. The highest BCUT2D eigenvalue weighted by molar-refractivity contribution is 5.94. The van der Waals surface area contributed by atoms with Crippen LogP contribution in [0, 0.1) is 12.7 Å². The quantitative estimate of drug-likeness (QED) is 0.418. The molecule has 192 valence electrons. The molecule has 2 aliphatic heterocycles. The predicted molar refractivity (Wildman–Crippen MR) is 139 cm³/mol. The van der Waals surface area contributed by atoms with Gasteiger partial charge in [0.05, 0.1) is 5.69 Å². The molecule has 0 atom stereocenters. The Bertz CT molecular complexity index is 1080. The summed E-state index contributed by atoms with van der Waals surface area (Å²) in [6.07, 6.45) is 7.61. The molecule has 2 aromatic rings. The zero-order valence-corrected chi connectivity index (χ0v) is 20.7. The molecule has 3 fully saturated rings. The lowest BCUT2D eigenvalue weighted by molar-refractivity contribution is -0.116. The summed E-state index contributed by atoms with van der Waals surface area (Å²) in [5.41, 5.74) is 2.74. The van der Waals surface area contributed by atoms with Crippen LogP contribution in [0.15, 0.2) is 36.5 Å². The fourth-order valence-corrected chi connectivity index (χ4v) is 4.69. The van der Waals surface area contributed by atoms with E-state index in [1.807, 2.05) is 17.9 Å². The predicted octanol–water partition coefficient (Wildman–Crippen LogP) is 3.05. The summed E-state index contributed by atoms with van der Waals surface area (Å²) in [4.78, 5) is 34.7. The Morgan fingerprint density at radius 1 is 1.22 bits per heavy atom. The first-order valence-corrected chi connectivity index (χ1v) is 12.5. The van der Waals surface area contributed by atoms with Crippen LogP contribution in [-0.4, -0.2) is 61.1 Å². The Hall–Kier alpha value is -3.53. The average molecular weight is 496 g/mol. The molecule has 1 aromatic heterocycles. The van der Waals surface area contributed by atoms with E-state index in [1.54, 1.807) is 17.2 Å². The summed E-state index contributed by atoms with van der Waals surface area (Å²) >= 11 is 0. The molecule has 5 rings (SSSR count). The van der Waals surface area contributed by atoms with E-state index in [1.165, 1.54) is 6.07 Å². The number of benzene rings is 1. The molecule has 1 aliphatic carbocycles. The van der Waals surface area contributed by atoms with Crippen molar-refractivity contribution in [1.29, 1.82) is 0 Å². The van der Waals surface area contributed by atoms with Gasteiger partial charge in [-0.25, -0.2) is 9.37 Å². The summed E-state index contributed by atoms with van der Waals surface area (Å²) in [7, 11) is 0. The number of nitrogens with zero attached hydrogens (tertiary/aromatic N) is 4. The fraction of sp³-hybridized carbons (Fsp3) is 0.462. The maximum Gasteiger partial charge on any atom is 0.246 e. The first kappa shape index (κ1) is 25.6. The van der Waals surface area contributed by atoms with E-state index in [0.29, 0.717) is 28.7 Å². The Kier molecular flexibility index (Phi) is 8.48. The van der Waals surface area contributed by atoms with Gasteiger partial charge in [0.2, 0.25) is 18.3 Å². The summed E-state index contributed by atoms with van der Waals surface area (Å²) in [5, 5.41) is 8.98. The molecule has 2 amide bonds. The van der Waals surface area contributed by atoms with Crippen LogP contribution in [0.4, 0.5) is 27.5 Å². The van der Waals surface area contributed by atoms with Crippen molar-refractivity contribution in [2.24, 2.45) is 0 Å². The Balaban J connectivity index is 0.000000375. The standard InChI is InChI=1S/C21H27FN6O.C5H7NO/c1-15-13-24-21(26-20(15)28(14-29)17-4-2-3-5-17)25-16-6-7-19(18(22)12-16)27-10-8-23-9-11-27;1-4-2-3-6-5(4)7/h6-7,12-14,17,23H,2-5,8-11H2,1H3,(H,24,25,26);1-3H2,(H,6,7). The minimum Gasteiger partial charge on any atom is -0.367 e. The van der Waals surface area contributed by atoms with Crippen molar-refractivity contribution >= 4 is 35.5 Å². The molecule has 0 bridgehead atoms. The second kappa shape index (κ2) is 11.9. The third-order valence-electron chi connectivity index (χ3n) is 6.72. The molecule has 36 heavy (non-hydrogen) atoms. The highest BCUT2D eigenvalue weighted by Gasteiger charge is 2.25. The van der Waals surface area contributed by atoms with Gasteiger partial charge in [0, 0.05) is 61.8 Å². The third-order valence-corrected chi connectivity index (χ3v) is 6.72. The highest BCUT2D eigenvalue weighted by Crippen LogP contribution is 2.29. The number of aromatic nitrogens is 2. The molecule has 2 saturated heterocycles. The van der Waals surface area contributed by atoms with Gasteiger partial charge in [-0.15, -0.1) is 0 Å². The van der Waals surface area contributed by atoms with Gasteiger partial charge in [0.15, 0.2) is 0 Å². The molecule has 0 radical (unpaired) electrons. The minimum atomic E-state index is -0.273. The van der Waals surface area contributed by atoms with Crippen LogP contribution in [-0.2, 0) is 9.59 Å². The molecule has 0 unspecified atom stereocenters. The van der Waals surface area contributed by atoms with Crippen LogP contribution in [0.2, 0.25) is 0 Å². The molecule has 3 heterocycles. The van der Waals surface area contributed by atoms with Crippen LogP contribution in [0.1, 0.15) is 37.7 Å². The lowest BCUT2D eigenvalue weighted by Gasteiger charge is -2.29. The van der Waals surface area contributed by atoms with Crippen molar-refractivity contribution in [2.75, 3.05) is 47.8 Å². The Morgan fingerprint density at radius 2 is 1.97 bits per heavy atom. The third kappa shape index (κ3) is 6.17. The van der Waals surface area contributed by atoms with Gasteiger partial charge in [-0.1, -0.05) is 19.4 Å². The van der Waals surface area contributed by atoms with Gasteiger partial charge in [-0.05, 0) is 44.4 Å². The van der Waals surface area contributed by atoms with E-state index in [4.69, 9.17) is 0 Å². The van der Waals surface area contributed by atoms with Crippen LogP contribution in [0.3, 0.4) is 0 Å². The van der Waals surface area contributed by atoms with E-state index in [2.05, 4.69) is 32.5 Å². The normalized spacial score (nSPS) is 17.9. The molecule has 0 spiro atoms. The Morgan fingerprint density at radius 3 is 2.56 bits per heavy atom. The zero-order valence-electron chi connectivity index (χ0n) is 20.7. The van der Waals surface area contributed by atoms with Gasteiger partial charge >= 0.3 is 0 Å². The van der Waals surface area contributed by atoms with E-state index < -0.39 is 0 Å². The SMILES string of the molecule is C=C1CCNC1=O.Cc1cnc(Nc2ccc(N3CCNCC3)c(F)c2)nc1N(C=O)C1CCCC1. The van der Waals surface area contributed by atoms with Crippen molar-refractivity contribution in [2.45, 2.75) is 45.1 Å². The van der Waals surface area contributed by atoms with Gasteiger partial charge in [0.25, 0.3) is 0 Å². The lowest BCUT2D eigenvalue weighted by atomic mass is 10.2.